The van der Waals surface area contributed by atoms with E-state index in [1.165, 1.54) is 0 Å². The number of phenols is 1. The number of aromatic hydroxyl groups is 1. The Morgan fingerprint density at radius 3 is 1.93 bits per heavy atom. The monoisotopic (exact) mass is 193 g/mol. The quantitative estimate of drug-likeness (QED) is 0.635. The van der Waals surface area contributed by atoms with Crippen LogP contribution in [0.15, 0.2) is 54.6 Å². The molecule has 0 aliphatic heterocycles. The topological polar surface area (TPSA) is 20.2 Å². The fourth-order valence-corrected chi connectivity index (χ4v) is 1.34. The number of hydrogen-bond acceptors (Lipinski definition) is 1. The first-order valence-electron chi connectivity index (χ1n) is 4.21. The van der Waals surface area contributed by atoms with Gasteiger partial charge in [0.2, 0.25) is 0 Å². The molecule has 1 nitrogen and oxygen atoms in total. The Morgan fingerprint density at radius 1 is 0.714 bits per heavy atom. The molecule has 0 aromatic heterocycles. The molecule has 0 saturated carbocycles. The van der Waals surface area contributed by atoms with Gasteiger partial charge in [0.15, 0.2) is 0 Å². The molecule has 0 heterocycles. The number of para-hydroxylation sites is 1. The van der Waals surface area contributed by atoms with Crippen LogP contribution in [0.2, 0.25) is 0 Å². The Labute approximate surface area is 106 Å². The fraction of sp³-hybridized carbons (Fsp3) is 0. The maximum absolute atomic E-state index is 9.56. The van der Waals surface area contributed by atoms with Gasteiger partial charge in [0.1, 0.15) is 5.75 Å². The van der Waals surface area contributed by atoms with E-state index in [0.29, 0.717) is 5.75 Å². The minimum absolute atomic E-state index is 0. The van der Waals surface area contributed by atoms with Crippen molar-refractivity contribution in [3.05, 3.63) is 54.6 Å². The molecule has 0 atom stereocenters. The SMILES string of the molecule is Oc1ccccc1-c1ccccc1.[Na+]. The van der Waals surface area contributed by atoms with Gasteiger partial charge in [-0.3, -0.25) is 0 Å². The molecule has 0 bridgehead atoms. The second kappa shape index (κ2) is 5.20. The molecule has 0 aliphatic carbocycles. The van der Waals surface area contributed by atoms with Crippen molar-refractivity contribution in [2.24, 2.45) is 0 Å². The van der Waals surface area contributed by atoms with Crippen LogP contribution in [-0.2, 0) is 0 Å². The zero-order valence-electron chi connectivity index (χ0n) is 8.14. The van der Waals surface area contributed by atoms with Crippen LogP contribution in [0.4, 0.5) is 0 Å². The van der Waals surface area contributed by atoms with Crippen LogP contribution in [0.1, 0.15) is 0 Å². The smallest absolute Gasteiger partial charge is 0.507 e. The van der Waals surface area contributed by atoms with Crippen molar-refractivity contribution in [2.45, 2.75) is 0 Å². The molecule has 0 aliphatic rings. The van der Waals surface area contributed by atoms with Crippen LogP contribution >= 0.6 is 0 Å². The summed E-state index contributed by atoms with van der Waals surface area (Å²) in [6.07, 6.45) is 0. The average Bonchev–Trinajstić information content (AvgIpc) is 2.20. The summed E-state index contributed by atoms with van der Waals surface area (Å²) >= 11 is 0. The van der Waals surface area contributed by atoms with Crippen LogP contribution in [0.25, 0.3) is 11.1 Å². The van der Waals surface area contributed by atoms with Gasteiger partial charge in [-0.25, -0.2) is 0 Å². The molecule has 2 aromatic rings. The van der Waals surface area contributed by atoms with Crippen LogP contribution < -0.4 is 29.6 Å². The van der Waals surface area contributed by atoms with E-state index in [9.17, 15) is 5.11 Å². The third kappa shape index (κ3) is 2.38. The van der Waals surface area contributed by atoms with E-state index in [-0.39, 0.29) is 29.6 Å². The van der Waals surface area contributed by atoms with Gasteiger partial charge >= 0.3 is 29.6 Å². The van der Waals surface area contributed by atoms with Gasteiger partial charge in [0.25, 0.3) is 0 Å². The minimum atomic E-state index is 0. The summed E-state index contributed by atoms with van der Waals surface area (Å²) in [5.41, 5.74) is 1.92. The first-order valence-corrected chi connectivity index (χ1v) is 4.21. The standard InChI is InChI=1S/C12H10O.Na/c13-12-9-5-4-8-11(12)10-6-2-1-3-7-10;/h1-9,13H;/q;+1. The van der Waals surface area contributed by atoms with Gasteiger partial charge in [-0.15, -0.1) is 0 Å². The predicted molar refractivity (Wildman–Crippen MR) is 53.5 cm³/mol. The van der Waals surface area contributed by atoms with Gasteiger partial charge in [-0.2, -0.15) is 0 Å². The van der Waals surface area contributed by atoms with E-state index in [4.69, 9.17) is 0 Å². The zero-order chi connectivity index (χ0) is 9.10. The molecule has 0 unspecified atom stereocenters. The molecule has 0 amide bonds. The summed E-state index contributed by atoms with van der Waals surface area (Å²) in [5, 5.41) is 9.56. The van der Waals surface area contributed by atoms with Gasteiger partial charge in [0.05, 0.1) is 0 Å². The van der Waals surface area contributed by atoms with E-state index < -0.39 is 0 Å². The summed E-state index contributed by atoms with van der Waals surface area (Å²) in [5.74, 6) is 0.328. The predicted octanol–water partition coefficient (Wildman–Crippen LogP) is 0.0632. The minimum Gasteiger partial charge on any atom is -0.507 e. The third-order valence-corrected chi connectivity index (χ3v) is 1.99. The summed E-state index contributed by atoms with van der Waals surface area (Å²) in [7, 11) is 0. The van der Waals surface area contributed by atoms with Crippen LogP contribution in [-0.4, -0.2) is 5.11 Å². The Hall–Kier alpha value is -0.760. The molecule has 0 saturated heterocycles. The van der Waals surface area contributed by atoms with E-state index in [2.05, 4.69) is 0 Å². The molecular formula is C12H10NaO+. The molecule has 2 heteroatoms. The van der Waals surface area contributed by atoms with Gasteiger partial charge < -0.3 is 5.11 Å². The van der Waals surface area contributed by atoms with Crippen molar-refractivity contribution < 1.29 is 34.7 Å². The molecule has 2 rings (SSSR count). The first-order chi connectivity index (χ1) is 6.38. The summed E-state index contributed by atoms with van der Waals surface area (Å²) in [6.45, 7) is 0. The van der Waals surface area contributed by atoms with E-state index in [1.807, 2.05) is 48.5 Å². The summed E-state index contributed by atoms with van der Waals surface area (Å²) in [6, 6.07) is 17.2. The second-order valence-electron chi connectivity index (χ2n) is 2.88. The van der Waals surface area contributed by atoms with E-state index >= 15 is 0 Å². The van der Waals surface area contributed by atoms with Gasteiger partial charge in [0, 0.05) is 5.56 Å². The molecule has 0 spiro atoms. The number of benzene rings is 2. The third-order valence-electron chi connectivity index (χ3n) is 1.99. The Balaban J connectivity index is 0.000000980. The molecule has 1 N–H and O–H groups in total. The first kappa shape index (κ1) is 11.3. The molecule has 0 fully saturated rings. The van der Waals surface area contributed by atoms with Crippen molar-refractivity contribution in [2.75, 3.05) is 0 Å². The maximum atomic E-state index is 9.56. The van der Waals surface area contributed by atoms with Crippen LogP contribution in [0, 0.1) is 0 Å². The number of hydrogen-bond donors (Lipinski definition) is 1. The summed E-state index contributed by atoms with van der Waals surface area (Å²) < 4.78 is 0. The Bertz CT molecular complexity index is 398. The van der Waals surface area contributed by atoms with Gasteiger partial charge in [-0.1, -0.05) is 48.5 Å². The largest absolute Gasteiger partial charge is 1.00 e. The van der Waals surface area contributed by atoms with Crippen molar-refractivity contribution in [1.82, 2.24) is 0 Å². The van der Waals surface area contributed by atoms with Crippen molar-refractivity contribution in [1.29, 1.82) is 0 Å². The Morgan fingerprint density at radius 2 is 1.29 bits per heavy atom. The normalized spacial score (nSPS) is 9.14. The van der Waals surface area contributed by atoms with Gasteiger partial charge in [-0.05, 0) is 11.6 Å². The molecule has 0 radical (unpaired) electrons. The molecule has 2 aromatic carbocycles. The van der Waals surface area contributed by atoms with Crippen molar-refractivity contribution in [3.63, 3.8) is 0 Å². The second-order valence-corrected chi connectivity index (χ2v) is 2.88. The van der Waals surface area contributed by atoms with E-state index in [0.717, 1.165) is 11.1 Å². The zero-order valence-corrected chi connectivity index (χ0v) is 10.1. The van der Waals surface area contributed by atoms with Crippen molar-refractivity contribution in [3.8, 4) is 16.9 Å². The van der Waals surface area contributed by atoms with Crippen LogP contribution in [0.3, 0.4) is 0 Å². The van der Waals surface area contributed by atoms with Crippen LogP contribution in [0.5, 0.6) is 5.75 Å². The molecule has 64 valence electrons. The number of rotatable bonds is 1. The molecule has 14 heavy (non-hydrogen) atoms. The summed E-state index contributed by atoms with van der Waals surface area (Å²) in [4.78, 5) is 0. The molecular weight excluding hydrogens is 183 g/mol. The Kier molecular flexibility index (Phi) is 4.21. The fourth-order valence-electron chi connectivity index (χ4n) is 1.34. The maximum Gasteiger partial charge on any atom is 1.00 e. The average molecular weight is 193 g/mol. The van der Waals surface area contributed by atoms with Crippen molar-refractivity contribution >= 4 is 0 Å². The van der Waals surface area contributed by atoms with E-state index in [1.54, 1.807) is 6.07 Å². The number of phenolic OH excluding ortho intramolecular Hbond substituents is 1.